The number of nitrogens with one attached hydrogen (secondary N) is 1. The number of rotatable bonds is 10. The number of benzene rings is 1. The monoisotopic (exact) mass is 533 g/mol. The molecule has 1 aromatic carbocycles. The van der Waals surface area contributed by atoms with E-state index in [0.717, 1.165) is 0 Å². The fourth-order valence-corrected chi connectivity index (χ4v) is 5.01. The molecular formula is C16H23NO13S3. The van der Waals surface area contributed by atoms with Crippen molar-refractivity contribution in [1.82, 2.24) is 4.72 Å². The van der Waals surface area contributed by atoms with Gasteiger partial charge in [0, 0.05) is 0 Å². The van der Waals surface area contributed by atoms with Crippen LogP contribution in [0, 0.1) is 0 Å². The Labute approximate surface area is 194 Å². The molecule has 2 aliphatic rings. The molecule has 2 fully saturated rings. The Bertz CT molecular complexity index is 975. The molecule has 33 heavy (non-hydrogen) atoms. The van der Waals surface area contributed by atoms with Gasteiger partial charge in [0.15, 0.2) is 12.0 Å². The van der Waals surface area contributed by atoms with Gasteiger partial charge in [-0.05, 0) is 19.4 Å². The van der Waals surface area contributed by atoms with Crippen LogP contribution in [0.25, 0.3) is 0 Å². The van der Waals surface area contributed by atoms with Crippen LogP contribution in [0.3, 0.4) is 0 Å². The minimum atomic E-state index is -4.57. The summed E-state index contributed by atoms with van der Waals surface area (Å²) in [5.74, 6) is -3.80. The van der Waals surface area contributed by atoms with Crippen LogP contribution in [0.15, 0.2) is 30.3 Å². The van der Waals surface area contributed by atoms with E-state index in [0.29, 0.717) is 5.56 Å². The minimum Gasteiger partial charge on any atom is -0.372 e. The summed E-state index contributed by atoms with van der Waals surface area (Å²) in [4.78, 5) is 0. The van der Waals surface area contributed by atoms with Gasteiger partial charge in [-0.3, -0.25) is 21.7 Å². The van der Waals surface area contributed by atoms with Crippen molar-refractivity contribution < 1.29 is 57.8 Å². The maximum absolute atomic E-state index is 12.4. The third-order valence-electron chi connectivity index (χ3n) is 4.61. The van der Waals surface area contributed by atoms with Crippen LogP contribution in [-0.4, -0.2) is 73.8 Å². The summed E-state index contributed by atoms with van der Waals surface area (Å²) in [6, 6.07) is 8.36. The maximum atomic E-state index is 12.4. The fourth-order valence-electron chi connectivity index (χ4n) is 3.42. The molecule has 7 atom stereocenters. The van der Waals surface area contributed by atoms with Gasteiger partial charge in [0.2, 0.25) is 5.79 Å². The number of hydrogen-bond acceptors (Lipinski definition) is 11. The Morgan fingerprint density at radius 1 is 1.18 bits per heavy atom. The third kappa shape index (κ3) is 6.60. The normalized spacial score (nSPS) is 32.1. The maximum Gasteiger partial charge on any atom is 0.338 e. The summed E-state index contributed by atoms with van der Waals surface area (Å²) in [6.45, 7) is 1.86. The lowest BCUT2D eigenvalue weighted by atomic mass is 9.96. The Balaban J connectivity index is 1.83. The topological polar surface area (TPSA) is 196 Å². The van der Waals surface area contributed by atoms with Gasteiger partial charge in [0.1, 0.15) is 18.3 Å². The molecule has 0 aromatic heterocycles. The van der Waals surface area contributed by atoms with Gasteiger partial charge < -0.3 is 19.3 Å². The summed E-state index contributed by atoms with van der Waals surface area (Å²) in [5.41, 5.74) is 0.541. The molecule has 188 valence electrons. The average molecular weight is 534 g/mol. The highest BCUT2D eigenvalue weighted by Gasteiger charge is 2.67. The van der Waals surface area contributed by atoms with Crippen molar-refractivity contribution in [3.05, 3.63) is 35.9 Å². The highest BCUT2D eigenvalue weighted by atomic mass is 32.2. The second-order valence-corrected chi connectivity index (χ2v) is 10.1. The van der Waals surface area contributed by atoms with Crippen LogP contribution in [-0.2, 0) is 66.4 Å². The molecule has 2 saturated heterocycles. The summed E-state index contributed by atoms with van der Waals surface area (Å²) in [7, 11) is -4.57. The number of fused-ring (bicyclic) bond motifs is 1. The largest absolute Gasteiger partial charge is 0.372 e. The molecule has 3 unspecified atom stereocenters. The van der Waals surface area contributed by atoms with E-state index < -0.39 is 75.7 Å². The smallest absolute Gasteiger partial charge is 0.338 e. The lowest BCUT2D eigenvalue weighted by Gasteiger charge is -2.44. The number of aliphatic hydroxyl groups is 1. The Kier molecular flexibility index (Phi) is 8.37. The van der Waals surface area contributed by atoms with E-state index >= 15 is 0 Å². The first kappa shape index (κ1) is 26.7. The van der Waals surface area contributed by atoms with Gasteiger partial charge in [-0.1, -0.05) is 30.3 Å². The van der Waals surface area contributed by atoms with E-state index in [1.54, 1.807) is 30.3 Å². The zero-order valence-electron chi connectivity index (χ0n) is 17.3. The van der Waals surface area contributed by atoms with Gasteiger partial charge in [0.25, 0.3) is 0 Å². The first-order chi connectivity index (χ1) is 15.3. The van der Waals surface area contributed by atoms with Crippen LogP contribution in [0.2, 0.25) is 0 Å². The quantitative estimate of drug-likeness (QED) is 0.217. The molecule has 0 bridgehead atoms. The van der Waals surface area contributed by atoms with Crippen molar-refractivity contribution in [2.75, 3.05) is 6.61 Å². The van der Waals surface area contributed by atoms with E-state index in [4.69, 9.17) is 31.3 Å². The second kappa shape index (κ2) is 10.4. The molecule has 0 radical (unpaired) electrons. The third-order valence-corrected chi connectivity index (χ3v) is 6.35. The highest BCUT2D eigenvalue weighted by Crippen LogP contribution is 2.45. The van der Waals surface area contributed by atoms with Crippen molar-refractivity contribution in [3.8, 4) is 0 Å². The van der Waals surface area contributed by atoms with Crippen molar-refractivity contribution in [2.45, 2.75) is 56.6 Å². The second-order valence-electron chi connectivity index (χ2n) is 7.42. The number of aliphatic hydroxyl groups excluding tert-OH is 1. The standard InChI is InChI=1S/C16H23NO13S3/c1-15(2)27-13-12(29-32(21)22)11(28-31(19)20)9-25-16(13,30-15)14(18)17-33(23,24)26-8-10-6-4-3-5-7-10/h3-7,11-14,17-18H,8-9H2,1-2H3,(H,19,20)(H,21,22)/t11-,12-,13+,14?,16-/m1/s1. The van der Waals surface area contributed by atoms with E-state index in [9.17, 15) is 26.5 Å². The minimum absolute atomic E-state index is 0.337. The fraction of sp³-hybridized carbons (Fsp3) is 0.625. The predicted octanol–water partition coefficient (Wildman–Crippen LogP) is -0.722. The van der Waals surface area contributed by atoms with Crippen molar-refractivity contribution in [3.63, 3.8) is 0 Å². The zero-order chi connectivity index (χ0) is 24.4. The first-order valence-electron chi connectivity index (χ1n) is 9.30. The van der Waals surface area contributed by atoms with Crippen LogP contribution < -0.4 is 4.72 Å². The van der Waals surface area contributed by atoms with E-state index in [2.05, 4.69) is 0 Å². The molecule has 0 aliphatic carbocycles. The van der Waals surface area contributed by atoms with Crippen molar-refractivity contribution in [1.29, 1.82) is 0 Å². The van der Waals surface area contributed by atoms with Crippen molar-refractivity contribution in [2.24, 2.45) is 0 Å². The van der Waals surface area contributed by atoms with Crippen LogP contribution >= 0.6 is 0 Å². The molecule has 17 heteroatoms. The number of hydrogen-bond donors (Lipinski definition) is 4. The van der Waals surface area contributed by atoms with Crippen LogP contribution in [0.4, 0.5) is 0 Å². The molecule has 1 aromatic rings. The van der Waals surface area contributed by atoms with Gasteiger partial charge in [-0.25, -0.2) is 0 Å². The zero-order valence-corrected chi connectivity index (χ0v) is 19.7. The lowest BCUT2D eigenvalue weighted by Crippen LogP contribution is -2.68. The predicted molar refractivity (Wildman–Crippen MR) is 109 cm³/mol. The molecular weight excluding hydrogens is 510 g/mol. The van der Waals surface area contributed by atoms with Gasteiger partial charge in [0.05, 0.1) is 13.2 Å². The molecule has 2 heterocycles. The Morgan fingerprint density at radius 2 is 1.82 bits per heavy atom. The van der Waals surface area contributed by atoms with E-state index in [1.807, 2.05) is 4.72 Å². The molecule has 0 amide bonds. The Morgan fingerprint density at radius 3 is 2.42 bits per heavy atom. The van der Waals surface area contributed by atoms with Crippen LogP contribution in [0.5, 0.6) is 0 Å². The summed E-state index contributed by atoms with van der Waals surface area (Å²) in [5, 5.41) is 10.8. The number of ether oxygens (including phenoxy) is 3. The molecule has 0 saturated carbocycles. The summed E-state index contributed by atoms with van der Waals surface area (Å²) < 4.78 is 98.7. The first-order valence-corrected chi connectivity index (χ1v) is 12.8. The SMILES string of the molecule is CC1(C)O[C@H]2[C@H](OS(=O)O)[C@H](OS(=O)O)CO[C@@]2(C(O)NS(=O)(=O)OCc2ccccc2)O1. The Hall–Kier alpha value is -0.930. The molecule has 4 N–H and O–H groups in total. The molecule has 3 rings (SSSR count). The average Bonchev–Trinajstić information content (AvgIpc) is 3.00. The van der Waals surface area contributed by atoms with E-state index in [1.165, 1.54) is 13.8 Å². The molecule has 2 aliphatic heterocycles. The van der Waals surface area contributed by atoms with Crippen molar-refractivity contribution >= 4 is 33.0 Å². The van der Waals surface area contributed by atoms with Gasteiger partial charge in [-0.2, -0.15) is 21.6 Å². The summed E-state index contributed by atoms with van der Waals surface area (Å²) in [6.07, 6.45) is -6.76. The lowest BCUT2D eigenvalue weighted by molar-refractivity contribution is -0.324. The van der Waals surface area contributed by atoms with Gasteiger partial charge >= 0.3 is 33.0 Å². The highest BCUT2D eigenvalue weighted by molar-refractivity contribution is 7.84. The van der Waals surface area contributed by atoms with Crippen LogP contribution in [0.1, 0.15) is 19.4 Å². The molecule has 0 spiro atoms. The summed E-state index contributed by atoms with van der Waals surface area (Å²) >= 11 is -5.72. The van der Waals surface area contributed by atoms with E-state index in [-0.39, 0.29) is 6.61 Å². The van der Waals surface area contributed by atoms with Gasteiger partial charge in [-0.15, -0.1) is 0 Å². The molecule has 14 nitrogen and oxygen atoms in total.